The van der Waals surface area contributed by atoms with Gasteiger partial charge in [0.2, 0.25) is 5.91 Å². The van der Waals surface area contributed by atoms with Gasteiger partial charge in [0.1, 0.15) is 18.1 Å². The summed E-state index contributed by atoms with van der Waals surface area (Å²) in [5.41, 5.74) is 3.24. The summed E-state index contributed by atoms with van der Waals surface area (Å²) in [5, 5.41) is 3.03. The van der Waals surface area contributed by atoms with Crippen molar-refractivity contribution in [1.29, 1.82) is 0 Å². The molecule has 0 aromatic heterocycles. The van der Waals surface area contributed by atoms with Crippen LogP contribution >= 0.6 is 0 Å². The van der Waals surface area contributed by atoms with Crippen LogP contribution in [0.5, 0.6) is 11.5 Å². The maximum Gasteiger partial charge on any atom is 0.222 e. The number of anilines is 1. The summed E-state index contributed by atoms with van der Waals surface area (Å²) in [6.45, 7) is 1.68. The summed E-state index contributed by atoms with van der Waals surface area (Å²) in [7, 11) is 1.64. The minimum absolute atomic E-state index is 0.00358. The fourth-order valence-electron chi connectivity index (χ4n) is 3.72. The quantitative estimate of drug-likeness (QED) is 0.645. The first-order valence-electron chi connectivity index (χ1n) is 10.1. The van der Waals surface area contributed by atoms with Crippen molar-refractivity contribution in [3.63, 3.8) is 0 Å². The molecule has 0 spiro atoms. The van der Waals surface area contributed by atoms with E-state index in [4.69, 9.17) is 9.47 Å². The number of carbonyl (C=O) groups is 1. The Hall–Kier alpha value is -3.47. The molecule has 1 aliphatic heterocycles. The Kier molecular flexibility index (Phi) is 6.18. The summed E-state index contributed by atoms with van der Waals surface area (Å²) < 4.78 is 11.2. The normalized spacial score (nSPS) is 15.1. The molecule has 154 valence electrons. The maximum absolute atomic E-state index is 12.7. The second-order valence-corrected chi connectivity index (χ2v) is 7.38. The van der Waals surface area contributed by atoms with Crippen LogP contribution in [-0.4, -0.2) is 25.7 Å². The number of fused-ring (bicyclic) bond motifs is 1. The van der Waals surface area contributed by atoms with Crippen LogP contribution in [0.4, 0.5) is 5.69 Å². The zero-order chi connectivity index (χ0) is 20.8. The lowest BCUT2D eigenvalue weighted by atomic mass is 10.1. The first-order chi connectivity index (χ1) is 14.7. The molecule has 0 bridgehead atoms. The van der Waals surface area contributed by atoms with Crippen molar-refractivity contribution in [3.05, 3.63) is 90.0 Å². The number of benzene rings is 3. The van der Waals surface area contributed by atoms with Crippen LogP contribution in [0.3, 0.4) is 0 Å². The molecule has 30 heavy (non-hydrogen) atoms. The number of ether oxygens (including phenoxy) is 2. The topological polar surface area (TPSA) is 50.8 Å². The molecule has 4 rings (SSSR count). The van der Waals surface area contributed by atoms with Gasteiger partial charge in [0, 0.05) is 13.1 Å². The number of methoxy groups -OCH3 is 1. The molecule has 5 nitrogen and oxygen atoms in total. The minimum Gasteiger partial charge on any atom is -0.497 e. The molecule has 1 heterocycles. The van der Waals surface area contributed by atoms with Crippen LogP contribution in [0.1, 0.15) is 17.5 Å². The number of nitrogens with zero attached hydrogens (tertiary/aromatic N) is 1. The van der Waals surface area contributed by atoms with Crippen LogP contribution in [0.25, 0.3) is 0 Å². The number of carbonyl (C=O) groups excluding carboxylic acids is 1. The summed E-state index contributed by atoms with van der Waals surface area (Å²) >= 11 is 0. The smallest absolute Gasteiger partial charge is 0.222 e. The second-order valence-electron chi connectivity index (χ2n) is 7.38. The first kappa shape index (κ1) is 19.8. The molecule has 0 saturated heterocycles. The summed E-state index contributed by atoms with van der Waals surface area (Å²) in [4.78, 5) is 15.0. The van der Waals surface area contributed by atoms with E-state index in [1.165, 1.54) is 5.56 Å². The van der Waals surface area contributed by atoms with Crippen molar-refractivity contribution >= 4 is 11.6 Å². The van der Waals surface area contributed by atoms with Crippen LogP contribution in [0, 0.1) is 0 Å². The SMILES string of the molecule is COc1cccc(CNC(=O)C[C@H]2COc3ccccc3N2Cc2ccccc2)c1. The Labute approximate surface area is 177 Å². The molecule has 5 heteroatoms. The average Bonchev–Trinajstić information content (AvgIpc) is 2.80. The largest absolute Gasteiger partial charge is 0.497 e. The van der Waals surface area contributed by atoms with Gasteiger partial charge in [0.15, 0.2) is 0 Å². The fraction of sp³-hybridized carbons (Fsp3) is 0.240. The van der Waals surface area contributed by atoms with Gasteiger partial charge in [0.05, 0.1) is 25.3 Å². The van der Waals surface area contributed by atoms with E-state index in [1.54, 1.807) is 7.11 Å². The van der Waals surface area contributed by atoms with E-state index in [1.807, 2.05) is 60.7 Å². The van der Waals surface area contributed by atoms with E-state index in [9.17, 15) is 4.79 Å². The van der Waals surface area contributed by atoms with E-state index < -0.39 is 0 Å². The highest BCUT2D eigenvalue weighted by Gasteiger charge is 2.29. The second kappa shape index (κ2) is 9.35. The summed E-state index contributed by atoms with van der Waals surface area (Å²) in [6.07, 6.45) is 0.366. The third-order valence-electron chi connectivity index (χ3n) is 5.29. The highest BCUT2D eigenvalue weighted by Crippen LogP contribution is 2.35. The van der Waals surface area contributed by atoms with Crippen LogP contribution in [0.2, 0.25) is 0 Å². The van der Waals surface area contributed by atoms with Gasteiger partial charge >= 0.3 is 0 Å². The predicted molar refractivity (Wildman–Crippen MR) is 118 cm³/mol. The summed E-state index contributed by atoms with van der Waals surface area (Å²) in [5.74, 6) is 1.65. The molecule has 1 N–H and O–H groups in total. The van der Waals surface area contributed by atoms with Crippen LogP contribution < -0.4 is 19.7 Å². The molecule has 1 atom stereocenters. The van der Waals surface area contributed by atoms with Gasteiger partial charge in [-0.25, -0.2) is 0 Å². The van der Waals surface area contributed by atoms with Crippen LogP contribution in [-0.2, 0) is 17.9 Å². The Morgan fingerprint density at radius 1 is 1.03 bits per heavy atom. The van der Waals surface area contributed by atoms with Gasteiger partial charge in [-0.05, 0) is 35.4 Å². The highest BCUT2D eigenvalue weighted by atomic mass is 16.5. The maximum atomic E-state index is 12.7. The average molecular weight is 402 g/mol. The van der Waals surface area contributed by atoms with E-state index in [0.717, 1.165) is 29.3 Å². The third kappa shape index (κ3) is 4.74. The van der Waals surface area contributed by atoms with E-state index in [-0.39, 0.29) is 11.9 Å². The van der Waals surface area contributed by atoms with Crippen molar-refractivity contribution in [2.75, 3.05) is 18.6 Å². The number of nitrogens with one attached hydrogen (secondary N) is 1. The lowest BCUT2D eigenvalue weighted by Gasteiger charge is -2.38. The van der Waals surface area contributed by atoms with Crippen LogP contribution in [0.15, 0.2) is 78.9 Å². The van der Waals surface area contributed by atoms with Gasteiger partial charge in [0.25, 0.3) is 0 Å². The van der Waals surface area contributed by atoms with E-state index in [0.29, 0.717) is 19.6 Å². The zero-order valence-electron chi connectivity index (χ0n) is 17.1. The molecule has 3 aromatic carbocycles. The highest BCUT2D eigenvalue weighted by molar-refractivity contribution is 5.77. The van der Waals surface area contributed by atoms with Crippen molar-refractivity contribution in [2.45, 2.75) is 25.6 Å². The van der Waals surface area contributed by atoms with E-state index >= 15 is 0 Å². The number of rotatable bonds is 7. The fourth-order valence-corrected chi connectivity index (χ4v) is 3.72. The standard InChI is InChI=1S/C25H26N2O3/c1-29-22-11-7-10-20(14-22)16-26-25(28)15-21-18-30-24-13-6-5-12-23(24)27(21)17-19-8-3-2-4-9-19/h2-14,21H,15-18H2,1H3,(H,26,28)/t21-/m0/s1. The monoisotopic (exact) mass is 402 g/mol. The van der Waals surface area contributed by atoms with Gasteiger partial charge in [-0.2, -0.15) is 0 Å². The Bertz CT molecular complexity index is 990. The molecule has 0 radical (unpaired) electrons. The molecule has 0 fully saturated rings. The molecule has 1 amide bonds. The Balaban J connectivity index is 1.45. The van der Waals surface area contributed by atoms with E-state index in [2.05, 4.69) is 28.4 Å². The number of para-hydroxylation sites is 2. The zero-order valence-corrected chi connectivity index (χ0v) is 17.1. The lowest BCUT2D eigenvalue weighted by Crippen LogP contribution is -2.45. The van der Waals surface area contributed by atoms with Gasteiger partial charge in [-0.1, -0.05) is 54.6 Å². The molecular formula is C25H26N2O3. The Morgan fingerprint density at radius 2 is 1.80 bits per heavy atom. The molecule has 0 aliphatic carbocycles. The van der Waals surface area contributed by atoms with Crippen molar-refractivity contribution in [1.82, 2.24) is 5.32 Å². The van der Waals surface area contributed by atoms with Crippen molar-refractivity contribution in [3.8, 4) is 11.5 Å². The molecular weight excluding hydrogens is 376 g/mol. The molecule has 3 aromatic rings. The Morgan fingerprint density at radius 3 is 2.63 bits per heavy atom. The number of amides is 1. The molecule has 0 saturated carbocycles. The van der Waals surface area contributed by atoms with Crippen molar-refractivity contribution in [2.24, 2.45) is 0 Å². The number of hydrogen-bond acceptors (Lipinski definition) is 4. The molecule has 1 aliphatic rings. The predicted octanol–water partition coefficient (Wildman–Crippen LogP) is 4.17. The number of hydrogen-bond donors (Lipinski definition) is 1. The van der Waals surface area contributed by atoms with Gasteiger partial charge < -0.3 is 19.7 Å². The van der Waals surface area contributed by atoms with Crippen molar-refractivity contribution < 1.29 is 14.3 Å². The molecule has 0 unspecified atom stereocenters. The first-order valence-corrected chi connectivity index (χ1v) is 10.1. The minimum atomic E-state index is -0.0367. The lowest BCUT2D eigenvalue weighted by molar-refractivity contribution is -0.121. The third-order valence-corrected chi connectivity index (χ3v) is 5.29. The summed E-state index contributed by atoms with van der Waals surface area (Å²) in [6, 6.07) is 26.0. The van der Waals surface area contributed by atoms with Gasteiger partial charge in [-0.3, -0.25) is 4.79 Å². The van der Waals surface area contributed by atoms with Gasteiger partial charge in [-0.15, -0.1) is 0 Å².